The second kappa shape index (κ2) is 5.75. The first-order valence-corrected chi connectivity index (χ1v) is 2.99. The van der Waals surface area contributed by atoms with Gasteiger partial charge in [-0.05, 0) is 0 Å². The van der Waals surface area contributed by atoms with E-state index in [2.05, 4.69) is 0 Å². The molecule has 0 aliphatic carbocycles. The number of halogens is 10. The summed E-state index contributed by atoms with van der Waals surface area (Å²) >= 11 is 0. The molecule has 0 rings (SSSR count). The molecular formula is C6H2F10. The predicted octanol–water partition coefficient (Wildman–Crippen LogP) is 4.66. The molecule has 0 aliphatic rings. The van der Waals surface area contributed by atoms with E-state index in [9.17, 15) is 43.9 Å². The van der Waals surface area contributed by atoms with Crippen molar-refractivity contribution < 1.29 is 43.9 Å². The van der Waals surface area contributed by atoms with Crippen LogP contribution < -0.4 is 0 Å². The summed E-state index contributed by atoms with van der Waals surface area (Å²) in [5, 5.41) is 0. The van der Waals surface area contributed by atoms with Crippen molar-refractivity contribution in [1.29, 1.82) is 0 Å². The molecule has 0 aromatic carbocycles. The van der Waals surface area contributed by atoms with E-state index < -0.39 is 30.1 Å². The minimum Gasteiger partial charge on any atom is -0.202 e. The standard InChI is InChI=1S/C3F6.C3H2F4/c4-1(2(5)6)3(7,8)9;1-2(4)3(5,6)7/h;1H2. The van der Waals surface area contributed by atoms with E-state index in [-0.39, 0.29) is 0 Å². The Kier molecular flexibility index (Phi) is 6.18. The van der Waals surface area contributed by atoms with Gasteiger partial charge in [-0.15, -0.1) is 0 Å². The fourth-order valence-electron chi connectivity index (χ4n) is 0.107. The summed E-state index contributed by atoms with van der Waals surface area (Å²) in [4.78, 5) is 0. The lowest BCUT2D eigenvalue weighted by molar-refractivity contribution is -0.113. The minimum absolute atomic E-state index is 2.03. The van der Waals surface area contributed by atoms with Gasteiger partial charge in [-0.1, -0.05) is 6.58 Å². The van der Waals surface area contributed by atoms with Crippen molar-refractivity contribution in [2.45, 2.75) is 12.4 Å². The van der Waals surface area contributed by atoms with Crippen molar-refractivity contribution in [2.24, 2.45) is 0 Å². The maximum Gasteiger partial charge on any atom is 0.448 e. The van der Waals surface area contributed by atoms with Crippen LogP contribution in [0.4, 0.5) is 43.9 Å². The Morgan fingerprint density at radius 3 is 0.938 bits per heavy atom. The van der Waals surface area contributed by atoms with Crippen LogP contribution in [-0.4, -0.2) is 12.4 Å². The summed E-state index contributed by atoms with van der Waals surface area (Å²) in [5.41, 5.74) is 0. The fraction of sp³-hybridized carbons (Fsp3) is 0.333. The lowest BCUT2D eigenvalue weighted by atomic mass is 10.6. The molecule has 0 aliphatic heterocycles. The maximum atomic E-state index is 11.0. The molecule has 0 saturated heterocycles. The molecule has 0 nitrogen and oxygen atoms in total. The Morgan fingerprint density at radius 1 is 0.688 bits per heavy atom. The number of hydrogen-bond acceptors (Lipinski definition) is 0. The molecule has 16 heavy (non-hydrogen) atoms. The van der Waals surface area contributed by atoms with Gasteiger partial charge in [0.1, 0.15) is 0 Å². The van der Waals surface area contributed by atoms with Crippen molar-refractivity contribution in [3.05, 3.63) is 24.3 Å². The summed E-state index contributed by atoms with van der Waals surface area (Å²) in [6.45, 7) is 2.03. The summed E-state index contributed by atoms with van der Waals surface area (Å²) in [6.07, 6.45) is -13.8. The number of allylic oxidation sites excluding steroid dienone is 2. The Labute approximate surface area is 81.8 Å². The maximum absolute atomic E-state index is 11.0. The van der Waals surface area contributed by atoms with E-state index >= 15 is 0 Å². The molecule has 0 saturated carbocycles. The molecular weight excluding hydrogens is 262 g/mol. The molecule has 10 heteroatoms. The predicted molar refractivity (Wildman–Crippen MR) is 32.7 cm³/mol. The van der Waals surface area contributed by atoms with Crippen molar-refractivity contribution in [3.63, 3.8) is 0 Å². The summed E-state index contributed by atoms with van der Waals surface area (Å²) < 4.78 is 108. The second-order valence-electron chi connectivity index (χ2n) is 1.97. The Morgan fingerprint density at radius 2 is 0.938 bits per heavy atom. The average Bonchev–Trinajstić information content (AvgIpc) is 2.00. The molecule has 0 N–H and O–H groups in total. The Bertz CT molecular complexity index is 262. The van der Waals surface area contributed by atoms with Crippen molar-refractivity contribution in [1.82, 2.24) is 0 Å². The van der Waals surface area contributed by atoms with Gasteiger partial charge in [0.15, 0.2) is 5.83 Å². The third kappa shape index (κ3) is 8.12. The van der Waals surface area contributed by atoms with Gasteiger partial charge in [-0.25, -0.2) is 4.39 Å². The van der Waals surface area contributed by atoms with Crippen LogP contribution in [0.5, 0.6) is 0 Å². The zero-order valence-corrected chi connectivity index (χ0v) is 6.99. The van der Waals surface area contributed by atoms with Crippen LogP contribution in [0, 0.1) is 0 Å². The Balaban J connectivity index is 0. The normalized spacial score (nSPS) is 11.4. The molecule has 0 bridgehead atoms. The van der Waals surface area contributed by atoms with Crippen molar-refractivity contribution >= 4 is 0 Å². The fourth-order valence-corrected chi connectivity index (χ4v) is 0.107. The second-order valence-corrected chi connectivity index (χ2v) is 1.97. The van der Waals surface area contributed by atoms with Crippen LogP contribution in [0.15, 0.2) is 24.3 Å². The first-order valence-electron chi connectivity index (χ1n) is 2.99. The topological polar surface area (TPSA) is 0 Å². The highest BCUT2D eigenvalue weighted by atomic mass is 19.4. The summed E-state index contributed by atoms with van der Waals surface area (Å²) in [7, 11) is 0. The highest BCUT2D eigenvalue weighted by Crippen LogP contribution is 2.29. The molecule has 0 aromatic rings. The lowest BCUT2D eigenvalue weighted by Crippen LogP contribution is -2.08. The van der Waals surface area contributed by atoms with E-state index in [0.717, 1.165) is 0 Å². The zero-order chi connectivity index (χ0) is 13.7. The molecule has 0 aromatic heterocycles. The smallest absolute Gasteiger partial charge is 0.202 e. The SMILES string of the molecule is C=C(F)C(F)(F)F.FC(F)=C(F)C(F)(F)F. The highest BCUT2D eigenvalue weighted by Gasteiger charge is 2.38. The van der Waals surface area contributed by atoms with E-state index in [4.69, 9.17) is 0 Å². The van der Waals surface area contributed by atoms with Crippen LogP contribution in [0.3, 0.4) is 0 Å². The van der Waals surface area contributed by atoms with Gasteiger partial charge < -0.3 is 0 Å². The third-order valence-corrected chi connectivity index (χ3v) is 0.722. The molecule has 0 unspecified atom stereocenters. The van der Waals surface area contributed by atoms with Crippen LogP contribution in [-0.2, 0) is 0 Å². The molecule has 96 valence electrons. The average molecular weight is 264 g/mol. The Hall–Kier alpha value is -1.22. The first-order chi connectivity index (χ1) is 6.80. The molecule has 0 radical (unpaired) electrons. The highest BCUT2D eigenvalue weighted by molar-refractivity contribution is 4.98. The third-order valence-electron chi connectivity index (χ3n) is 0.722. The zero-order valence-electron chi connectivity index (χ0n) is 6.99. The molecule has 0 heterocycles. The van der Waals surface area contributed by atoms with E-state index in [1.807, 2.05) is 6.58 Å². The monoisotopic (exact) mass is 264 g/mol. The van der Waals surface area contributed by atoms with Crippen LogP contribution >= 0.6 is 0 Å². The van der Waals surface area contributed by atoms with Gasteiger partial charge >= 0.3 is 18.4 Å². The molecule has 0 spiro atoms. The van der Waals surface area contributed by atoms with Gasteiger partial charge in [-0.3, -0.25) is 0 Å². The molecule has 0 atom stereocenters. The van der Waals surface area contributed by atoms with Crippen LogP contribution in [0.25, 0.3) is 0 Å². The summed E-state index contributed by atoms with van der Waals surface area (Å²) in [6, 6.07) is 0. The van der Waals surface area contributed by atoms with E-state index in [1.54, 1.807) is 0 Å². The summed E-state index contributed by atoms with van der Waals surface area (Å²) in [5.74, 6) is -5.59. The van der Waals surface area contributed by atoms with E-state index in [1.165, 1.54) is 0 Å². The lowest BCUT2D eigenvalue weighted by Gasteiger charge is -1.98. The van der Waals surface area contributed by atoms with Crippen molar-refractivity contribution in [2.75, 3.05) is 0 Å². The van der Waals surface area contributed by atoms with E-state index in [0.29, 0.717) is 0 Å². The number of hydrogen-bond donors (Lipinski definition) is 0. The quantitative estimate of drug-likeness (QED) is 0.558. The number of alkyl halides is 6. The van der Waals surface area contributed by atoms with Gasteiger partial charge in [0, 0.05) is 0 Å². The van der Waals surface area contributed by atoms with Gasteiger partial charge in [0.05, 0.1) is 0 Å². The van der Waals surface area contributed by atoms with Gasteiger partial charge in [0.25, 0.3) is 5.83 Å². The van der Waals surface area contributed by atoms with Crippen LogP contribution in [0.1, 0.15) is 0 Å². The largest absolute Gasteiger partial charge is 0.448 e. The van der Waals surface area contributed by atoms with Gasteiger partial charge in [0.2, 0.25) is 0 Å². The number of rotatable bonds is 0. The first kappa shape index (κ1) is 17.2. The molecule has 0 fully saturated rings. The van der Waals surface area contributed by atoms with Gasteiger partial charge in [-0.2, -0.15) is 39.5 Å². The molecule has 0 amide bonds. The van der Waals surface area contributed by atoms with Crippen molar-refractivity contribution in [3.8, 4) is 0 Å². The van der Waals surface area contributed by atoms with Crippen LogP contribution in [0.2, 0.25) is 0 Å². The minimum atomic E-state index is -5.56.